The molecule has 2 aromatic rings. The van der Waals surface area contributed by atoms with E-state index in [4.69, 9.17) is 18.9 Å². The maximum atomic E-state index is 13.1. The van der Waals surface area contributed by atoms with E-state index in [2.05, 4.69) is 4.18 Å². The highest BCUT2D eigenvalue weighted by atomic mass is 32.2. The molecule has 0 saturated carbocycles. The maximum Gasteiger partial charge on any atom is 0.534 e. The number of carbonyl (C=O) groups excluding carboxylic acids is 1. The van der Waals surface area contributed by atoms with Crippen LogP contribution in [0.5, 0.6) is 5.75 Å². The number of methoxy groups -OCH3 is 1. The number of ether oxygens (including phenoxy) is 4. The van der Waals surface area contributed by atoms with Gasteiger partial charge >= 0.3 is 21.6 Å². The standard InChI is InChI=1S/C22H17F3O8S/c1-29-21(26)18-19(33-34(27,28)22(23,24)25)14-9-5-6-10-15(14)32-20(18)16-12-30-17(31-16)11-13-7-3-2-4-8-13/h2-10,12,17,20H,11H2,1H3. The molecule has 0 N–H and O–H groups in total. The zero-order valence-electron chi connectivity index (χ0n) is 17.4. The summed E-state index contributed by atoms with van der Waals surface area (Å²) in [5, 5.41) is 0. The summed E-state index contributed by atoms with van der Waals surface area (Å²) in [5.74, 6) is -2.18. The van der Waals surface area contributed by atoms with Gasteiger partial charge < -0.3 is 23.1 Å². The van der Waals surface area contributed by atoms with Crippen molar-refractivity contribution in [3.63, 3.8) is 0 Å². The van der Waals surface area contributed by atoms with Gasteiger partial charge in [0.25, 0.3) is 0 Å². The molecule has 12 heteroatoms. The van der Waals surface area contributed by atoms with Crippen LogP contribution in [0, 0.1) is 0 Å². The Labute approximate surface area is 192 Å². The molecule has 8 nitrogen and oxygen atoms in total. The first-order valence-corrected chi connectivity index (χ1v) is 11.2. The van der Waals surface area contributed by atoms with Gasteiger partial charge in [-0.05, 0) is 17.7 Å². The topological polar surface area (TPSA) is 97.4 Å². The highest BCUT2D eigenvalue weighted by Gasteiger charge is 2.51. The summed E-state index contributed by atoms with van der Waals surface area (Å²) in [4.78, 5) is 12.6. The van der Waals surface area contributed by atoms with Gasteiger partial charge in [-0.2, -0.15) is 21.6 Å². The SMILES string of the molecule is COC(=O)C1=C(OS(=O)(=O)C(F)(F)F)c2ccccc2OC1C1=COC(Cc2ccccc2)O1. The van der Waals surface area contributed by atoms with Gasteiger partial charge in [0.2, 0.25) is 6.29 Å². The third-order valence-electron chi connectivity index (χ3n) is 4.87. The number of alkyl halides is 3. The van der Waals surface area contributed by atoms with Crippen molar-refractivity contribution in [3.8, 4) is 5.75 Å². The van der Waals surface area contributed by atoms with Crippen LogP contribution in [0.4, 0.5) is 13.2 Å². The first kappa shape index (κ1) is 23.5. The van der Waals surface area contributed by atoms with E-state index < -0.39 is 45.3 Å². The van der Waals surface area contributed by atoms with Crippen molar-refractivity contribution >= 4 is 21.8 Å². The minimum atomic E-state index is -6.13. The van der Waals surface area contributed by atoms with Crippen LogP contribution >= 0.6 is 0 Å². The third kappa shape index (κ3) is 4.53. The van der Waals surface area contributed by atoms with Crippen LogP contribution in [0.3, 0.4) is 0 Å². The number of para-hydroxylation sites is 1. The van der Waals surface area contributed by atoms with E-state index in [1.165, 1.54) is 24.3 Å². The van der Waals surface area contributed by atoms with Gasteiger partial charge in [0, 0.05) is 6.42 Å². The van der Waals surface area contributed by atoms with Crippen LogP contribution in [0.15, 0.2) is 72.2 Å². The Morgan fingerprint density at radius 2 is 1.71 bits per heavy atom. The van der Waals surface area contributed by atoms with E-state index in [1.54, 1.807) is 0 Å². The van der Waals surface area contributed by atoms with Crippen molar-refractivity contribution in [1.29, 1.82) is 0 Å². The number of carbonyl (C=O) groups is 1. The lowest BCUT2D eigenvalue weighted by molar-refractivity contribution is -0.137. The predicted molar refractivity (Wildman–Crippen MR) is 110 cm³/mol. The molecule has 0 fully saturated rings. The molecule has 0 aliphatic carbocycles. The molecule has 0 radical (unpaired) electrons. The summed E-state index contributed by atoms with van der Waals surface area (Å²) < 4.78 is 89.1. The Morgan fingerprint density at radius 3 is 2.38 bits per heavy atom. The molecule has 2 unspecified atom stereocenters. The van der Waals surface area contributed by atoms with E-state index >= 15 is 0 Å². The number of fused-ring (bicyclic) bond motifs is 1. The maximum absolute atomic E-state index is 13.1. The van der Waals surface area contributed by atoms with Crippen LogP contribution in [0.2, 0.25) is 0 Å². The monoisotopic (exact) mass is 498 g/mol. The number of halogens is 3. The van der Waals surface area contributed by atoms with E-state index in [-0.39, 0.29) is 17.1 Å². The lowest BCUT2D eigenvalue weighted by atomic mass is 9.98. The molecule has 2 heterocycles. The quantitative estimate of drug-likeness (QED) is 0.338. The van der Waals surface area contributed by atoms with Crippen molar-refractivity contribution in [2.45, 2.75) is 24.3 Å². The zero-order valence-corrected chi connectivity index (χ0v) is 18.3. The van der Waals surface area contributed by atoms with Crippen molar-refractivity contribution in [2.24, 2.45) is 0 Å². The van der Waals surface area contributed by atoms with E-state index in [9.17, 15) is 26.4 Å². The zero-order chi connectivity index (χ0) is 24.5. The number of esters is 1. The highest BCUT2D eigenvalue weighted by molar-refractivity contribution is 7.87. The molecule has 2 aromatic carbocycles. The third-order valence-corrected chi connectivity index (χ3v) is 5.83. The van der Waals surface area contributed by atoms with Gasteiger partial charge in [-0.15, -0.1) is 0 Å². The smallest absolute Gasteiger partial charge is 0.476 e. The average Bonchev–Trinajstić information content (AvgIpc) is 3.26. The molecular formula is C22H17F3O8S. The molecule has 180 valence electrons. The Balaban J connectivity index is 1.73. The lowest BCUT2D eigenvalue weighted by Crippen LogP contribution is -2.35. The molecule has 4 rings (SSSR count). The Morgan fingerprint density at radius 1 is 1.03 bits per heavy atom. The second-order valence-electron chi connectivity index (χ2n) is 7.11. The Hall–Kier alpha value is -3.67. The Bertz CT molecular complexity index is 1250. The van der Waals surface area contributed by atoms with Crippen molar-refractivity contribution in [3.05, 3.63) is 83.3 Å². The first-order chi connectivity index (χ1) is 16.1. The molecule has 0 aromatic heterocycles. The van der Waals surface area contributed by atoms with E-state index in [0.717, 1.165) is 18.9 Å². The summed E-state index contributed by atoms with van der Waals surface area (Å²) in [6.07, 6.45) is -0.861. The van der Waals surface area contributed by atoms with Gasteiger partial charge in [-0.25, -0.2) is 4.79 Å². The molecule has 0 saturated heterocycles. The fourth-order valence-corrected chi connectivity index (χ4v) is 3.83. The van der Waals surface area contributed by atoms with Gasteiger partial charge in [0.15, 0.2) is 17.6 Å². The number of hydrogen-bond acceptors (Lipinski definition) is 8. The van der Waals surface area contributed by atoms with Crippen LogP contribution in [-0.4, -0.2) is 39.4 Å². The molecule has 2 aliphatic rings. The molecular weight excluding hydrogens is 481 g/mol. The van der Waals surface area contributed by atoms with E-state index in [0.29, 0.717) is 6.42 Å². The minimum absolute atomic E-state index is 0.0384. The summed E-state index contributed by atoms with van der Waals surface area (Å²) in [5.41, 5.74) is -5.69. The first-order valence-electron chi connectivity index (χ1n) is 9.76. The van der Waals surface area contributed by atoms with Crippen LogP contribution < -0.4 is 4.74 Å². The van der Waals surface area contributed by atoms with Gasteiger partial charge in [0.1, 0.15) is 17.6 Å². The minimum Gasteiger partial charge on any atom is -0.476 e. The molecule has 0 amide bonds. The molecule has 34 heavy (non-hydrogen) atoms. The number of rotatable bonds is 6. The van der Waals surface area contributed by atoms with Gasteiger partial charge in [-0.3, -0.25) is 0 Å². The second-order valence-corrected chi connectivity index (χ2v) is 8.64. The summed E-state index contributed by atoms with van der Waals surface area (Å²) in [7, 11) is -5.15. The molecule has 2 atom stereocenters. The number of benzene rings is 2. The highest BCUT2D eigenvalue weighted by Crippen LogP contribution is 2.42. The second kappa shape index (κ2) is 8.93. The fraction of sp³-hybridized carbons (Fsp3) is 0.227. The number of hydrogen-bond donors (Lipinski definition) is 0. The summed E-state index contributed by atoms with van der Waals surface area (Å²) in [6.45, 7) is 0. The average molecular weight is 498 g/mol. The largest absolute Gasteiger partial charge is 0.534 e. The van der Waals surface area contributed by atoms with Crippen LogP contribution in [-0.2, 0) is 39.7 Å². The van der Waals surface area contributed by atoms with Crippen molar-refractivity contribution in [2.75, 3.05) is 7.11 Å². The molecule has 2 aliphatic heterocycles. The van der Waals surface area contributed by atoms with Gasteiger partial charge in [0.05, 0.1) is 12.7 Å². The Kier molecular flexibility index (Phi) is 6.17. The van der Waals surface area contributed by atoms with Crippen LogP contribution in [0.25, 0.3) is 5.76 Å². The van der Waals surface area contributed by atoms with Crippen LogP contribution in [0.1, 0.15) is 11.1 Å². The fourth-order valence-electron chi connectivity index (χ4n) is 3.33. The summed E-state index contributed by atoms with van der Waals surface area (Å²) in [6, 6.07) is 14.7. The summed E-state index contributed by atoms with van der Waals surface area (Å²) >= 11 is 0. The predicted octanol–water partition coefficient (Wildman–Crippen LogP) is 3.65. The molecule has 0 bridgehead atoms. The van der Waals surface area contributed by atoms with Gasteiger partial charge in [-0.1, -0.05) is 42.5 Å². The van der Waals surface area contributed by atoms with Crippen molar-refractivity contribution in [1.82, 2.24) is 0 Å². The van der Waals surface area contributed by atoms with Crippen molar-refractivity contribution < 1.29 is 49.5 Å². The molecule has 0 spiro atoms. The lowest BCUT2D eigenvalue weighted by Gasteiger charge is -2.29. The normalized spacial score (nSPS) is 19.8. The van der Waals surface area contributed by atoms with E-state index in [1.807, 2.05) is 30.3 Å².